The summed E-state index contributed by atoms with van der Waals surface area (Å²) in [5.41, 5.74) is 0.981. The minimum atomic E-state index is -1.03. The van der Waals surface area contributed by atoms with Gasteiger partial charge < -0.3 is 14.9 Å². The number of esters is 1. The van der Waals surface area contributed by atoms with E-state index in [1.807, 2.05) is 0 Å². The molecule has 32 heavy (non-hydrogen) atoms. The number of aromatic hydroxyl groups is 1. The number of hydrogen-bond acceptors (Lipinski definition) is 9. The Hall–Kier alpha value is -4.05. The molecule has 9 nitrogen and oxygen atoms in total. The van der Waals surface area contributed by atoms with E-state index in [4.69, 9.17) is 4.74 Å². The topological polar surface area (TPSA) is 130 Å². The number of pyridine rings is 1. The van der Waals surface area contributed by atoms with Crippen molar-refractivity contribution in [3.63, 3.8) is 0 Å². The molecule has 1 fully saturated rings. The largest absolute Gasteiger partial charge is 0.508 e. The van der Waals surface area contributed by atoms with E-state index in [1.165, 1.54) is 43.8 Å². The lowest BCUT2D eigenvalue weighted by atomic mass is 9.95. The molecule has 0 aliphatic carbocycles. The summed E-state index contributed by atoms with van der Waals surface area (Å²) in [5, 5.41) is 20.8. The standard InChI is InChI=1S/C22H17N3O6S/c1-11-19(21(30)31-2)32-22(24-11)25-16(12-3-5-14(26)6-4-12)15(18(28)20(25)29)17(27)13-7-9-23-10-8-13/h3-10,16,26-27H,1-2H3. The van der Waals surface area contributed by atoms with Gasteiger partial charge in [-0.1, -0.05) is 23.5 Å². The molecule has 4 rings (SSSR count). The molecule has 1 atom stereocenters. The lowest BCUT2D eigenvalue weighted by Gasteiger charge is -2.23. The van der Waals surface area contributed by atoms with Crippen LogP contribution in [0.1, 0.15) is 32.5 Å². The number of aromatic nitrogens is 2. The van der Waals surface area contributed by atoms with Gasteiger partial charge in [-0.05, 0) is 36.8 Å². The summed E-state index contributed by atoms with van der Waals surface area (Å²) in [7, 11) is 1.23. The molecule has 10 heteroatoms. The number of phenols is 1. The van der Waals surface area contributed by atoms with Crippen LogP contribution in [0, 0.1) is 6.92 Å². The monoisotopic (exact) mass is 451 g/mol. The number of hydrogen-bond donors (Lipinski definition) is 2. The molecule has 0 saturated carbocycles. The fraction of sp³-hybridized carbons (Fsp3) is 0.136. The second kappa shape index (κ2) is 8.23. The molecule has 3 aromatic rings. The Morgan fingerprint density at radius 1 is 1.12 bits per heavy atom. The van der Waals surface area contributed by atoms with Crippen LogP contribution in [0.3, 0.4) is 0 Å². The van der Waals surface area contributed by atoms with Gasteiger partial charge in [0.2, 0.25) is 0 Å². The third-order valence-corrected chi connectivity index (χ3v) is 6.11. The number of Topliss-reactive ketones (excluding diaryl/α,β-unsaturated/α-hetero) is 1. The number of benzene rings is 1. The predicted molar refractivity (Wildman–Crippen MR) is 115 cm³/mol. The molecule has 2 N–H and O–H groups in total. The number of aliphatic hydroxyl groups is 1. The number of methoxy groups -OCH3 is 1. The zero-order valence-corrected chi connectivity index (χ0v) is 17.8. The van der Waals surface area contributed by atoms with Crippen molar-refractivity contribution in [2.24, 2.45) is 0 Å². The highest BCUT2D eigenvalue weighted by Crippen LogP contribution is 2.44. The molecule has 1 unspecified atom stereocenters. The molecule has 1 aliphatic heterocycles. The number of phenolic OH excluding ortho intramolecular Hbond substituents is 1. The number of aryl methyl sites for hydroxylation is 1. The Morgan fingerprint density at radius 2 is 1.78 bits per heavy atom. The summed E-state index contributed by atoms with van der Waals surface area (Å²) in [5.74, 6) is -2.78. The first-order valence-electron chi connectivity index (χ1n) is 9.39. The van der Waals surface area contributed by atoms with Gasteiger partial charge in [0.05, 0.1) is 24.4 Å². The number of aliphatic hydroxyl groups excluding tert-OH is 1. The quantitative estimate of drug-likeness (QED) is 0.268. The summed E-state index contributed by atoms with van der Waals surface area (Å²) in [6.45, 7) is 1.59. The van der Waals surface area contributed by atoms with Crippen LogP contribution in [0.5, 0.6) is 5.75 Å². The van der Waals surface area contributed by atoms with E-state index in [0.29, 0.717) is 16.8 Å². The number of carbonyl (C=O) groups is 3. The van der Waals surface area contributed by atoms with Crippen molar-refractivity contribution in [3.05, 3.63) is 76.1 Å². The molecule has 1 aromatic carbocycles. The van der Waals surface area contributed by atoms with Crippen LogP contribution in [0.2, 0.25) is 0 Å². The first kappa shape index (κ1) is 21.2. The number of thiazole rings is 1. The van der Waals surface area contributed by atoms with Gasteiger partial charge in [0.1, 0.15) is 16.4 Å². The molecular formula is C22H17N3O6S. The van der Waals surface area contributed by atoms with E-state index in [0.717, 1.165) is 16.2 Å². The van der Waals surface area contributed by atoms with E-state index in [-0.39, 0.29) is 27.1 Å². The highest BCUT2D eigenvalue weighted by molar-refractivity contribution is 7.17. The average molecular weight is 451 g/mol. The van der Waals surface area contributed by atoms with Crippen LogP contribution >= 0.6 is 11.3 Å². The Labute approximate surface area is 186 Å². The van der Waals surface area contributed by atoms with Gasteiger partial charge in [0.25, 0.3) is 5.78 Å². The molecule has 3 heterocycles. The number of anilines is 1. The summed E-state index contributed by atoms with van der Waals surface area (Å²) in [4.78, 5) is 47.7. The molecule has 0 spiro atoms. The van der Waals surface area contributed by atoms with Gasteiger partial charge in [-0.25, -0.2) is 9.78 Å². The van der Waals surface area contributed by atoms with Crippen molar-refractivity contribution in [1.82, 2.24) is 9.97 Å². The molecule has 2 aromatic heterocycles. The van der Waals surface area contributed by atoms with Crippen LogP contribution in [0.4, 0.5) is 5.13 Å². The molecule has 1 aliphatic rings. The highest BCUT2D eigenvalue weighted by Gasteiger charge is 2.48. The number of ether oxygens (including phenoxy) is 1. The van der Waals surface area contributed by atoms with Crippen molar-refractivity contribution in [2.45, 2.75) is 13.0 Å². The van der Waals surface area contributed by atoms with Crippen molar-refractivity contribution in [3.8, 4) is 5.75 Å². The molecule has 1 saturated heterocycles. The zero-order valence-electron chi connectivity index (χ0n) is 17.0. The van der Waals surface area contributed by atoms with E-state index < -0.39 is 23.7 Å². The van der Waals surface area contributed by atoms with Crippen LogP contribution in [0.15, 0.2) is 54.4 Å². The smallest absolute Gasteiger partial charge is 0.350 e. The summed E-state index contributed by atoms with van der Waals surface area (Å²) in [6, 6.07) is 7.91. The lowest BCUT2D eigenvalue weighted by Crippen LogP contribution is -2.29. The zero-order chi connectivity index (χ0) is 23.0. The minimum Gasteiger partial charge on any atom is -0.508 e. The number of ketones is 1. The Kier molecular flexibility index (Phi) is 5.45. The lowest BCUT2D eigenvalue weighted by molar-refractivity contribution is -0.132. The van der Waals surface area contributed by atoms with Gasteiger partial charge in [0.15, 0.2) is 5.13 Å². The maximum absolute atomic E-state index is 13.1. The average Bonchev–Trinajstić information content (AvgIpc) is 3.31. The van der Waals surface area contributed by atoms with Crippen LogP contribution in [-0.2, 0) is 14.3 Å². The fourth-order valence-corrected chi connectivity index (χ4v) is 4.45. The number of nitrogens with zero attached hydrogens (tertiary/aromatic N) is 3. The van der Waals surface area contributed by atoms with E-state index >= 15 is 0 Å². The number of amides is 1. The number of carbonyl (C=O) groups excluding carboxylic acids is 3. The second-order valence-corrected chi connectivity index (χ2v) is 7.88. The highest BCUT2D eigenvalue weighted by atomic mass is 32.1. The Morgan fingerprint density at radius 3 is 2.41 bits per heavy atom. The fourth-order valence-electron chi connectivity index (χ4n) is 3.43. The van der Waals surface area contributed by atoms with Crippen LogP contribution < -0.4 is 4.90 Å². The van der Waals surface area contributed by atoms with E-state index in [1.54, 1.807) is 19.1 Å². The van der Waals surface area contributed by atoms with Crippen molar-refractivity contribution in [2.75, 3.05) is 12.0 Å². The second-order valence-electron chi connectivity index (χ2n) is 6.90. The minimum absolute atomic E-state index is 0.00194. The molecule has 0 bridgehead atoms. The summed E-state index contributed by atoms with van der Waals surface area (Å²) in [6.07, 6.45) is 2.90. The van der Waals surface area contributed by atoms with Gasteiger partial charge in [-0.15, -0.1) is 0 Å². The summed E-state index contributed by atoms with van der Waals surface area (Å²) < 4.78 is 4.76. The molecule has 0 radical (unpaired) electrons. The Bertz CT molecular complexity index is 1250. The van der Waals surface area contributed by atoms with Gasteiger partial charge >= 0.3 is 11.9 Å². The Balaban J connectivity index is 1.93. The van der Waals surface area contributed by atoms with Crippen LogP contribution in [-0.4, -0.2) is 45.0 Å². The molecule has 1 amide bonds. The van der Waals surface area contributed by atoms with Gasteiger partial charge in [-0.2, -0.15) is 0 Å². The predicted octanol–water partition coefficient (Wildman–Crippen LogP) is 2.97. The van der Waals surface area contributed by atoms with Crippen molar-refractivity contribution < 1.29 is 29.3 Å². The third kappa shape index (κ3) is 3.50. The molecule has 162 valence electrons. The van der Waals surface area contributed by atoms with E-state index in [2.05, 4.69) is 9.97 Å². The molecular weight excluding hydrogens is 434 g/mol. The van der Waals surface area contributed by atoms with Gasteiger partial charge in [-0.3, -0.25) is 19.5 Å². The van der Waals surface area contributed by atoms with E-state index in [9.17, 15) is 24.6 Å². The van der Waals surface area contributed by atoms with Gasteiger partial charge in [0, 0.05) is 18.0 Å². The first-order valence-corrected chi connectivity index (χ1v) is 10.2. The maximum atomic E-state index is 13.1. The normalized spacial score (nSPS) is 17.6. The maximum Gasteiger partial charge on any atom is 0.350 e. The van der Waals surface area contributed by atoms with Crippen molar-refractivity contribution >= 4 is 39.9 Å². The van der Waals surface area contributed by atoms with Crippen molar-refractivity contribution in [1.29, 1.82) is 0 Å². The summed E-state index contributed by atoms with van der Waals surface area (Å²) >= 11 is 0.910. The number of rotatable bonds is 4. The third-order valence-electron chi connectivity index (χ3n) is 4.97. The first-order chi connectivity index (χ1) is 15.3. The SMILES string of the molecule is COC(=O)c1sc(N2C(=O)C(=O)C(=C(O)c3ccncc3)C2c2ccc(O)cc2)nc1C. The van der Waals surface area contributed by atoms with Crippen LogP contribution in [0.25, 0.3) is 5.76 Å².